The number of hydrogen-bond acceptors (Lipinski definition) is 4. The number of rotatable bonds is 7. The number of non-ortho nitro benzene ring substituents is 1. The average Bonchev–Trinajstić information content (AvgIpc) is 3.17. The highest BCUT2D eigenvalue weighted by Crippen LogP contribution is 2.33. The topological polar surface area (TPSA) is 89.3 Å². The fourth-order valence-corrected chi connectivity index (χ4v) is 4.30. The number of hydrogen-bond donors (Lipinski definition) is 1. The highest BCUT2D eigenvalue weighted by atomic mass is 32.2. The van der Waals surface area contributed by atoms with Gasteiger partial charge < -0.3 is 0 Å². The third-order valence-electron chi connectivity index (χ3n) is 4.65. The lowest BCUT2D eigenvalue weighted by atomic mass is 9.86. The summed E-state index contributed by atoms with van der Waals surface area (Å²) in [5, 5.41) is 10.7. The smallest absolute Gasteiger partial charge is 0.258 e. The van der Waals surface area contributed by atoms with Crippen molar-refractivity contribution in [2.24, 2.45) is 5.92 Å². The molecule has 3 rings (SSSR count). The molecule has 0 saturated carbocycles. The quantitative estimate of drug-likeness (QED) is 0.457. The van der Waals surface area contributed by atoms with Gasteiger partial charge in [-0.1, -0.05) is 42.5 Å². The zero-order valence-electron chi connectivity index (χ0n) is 14.1. The summed E-state index contributed by atoms with van der Waals surface area (Å²) in [6.07, 6.45) is 6.28. The average molecular weight is 372 g/mol. The van der Waals surface area contributed by atoms with E-state index >= 15 is 0 Å². The van der Waals surface area contributed by atoms with Crippen LogP contribution in [0.1, 0.15) is 24.3 Å². The van der Waals surface area contributed by atoms with Crippen molar-refractivity contribution in [2.45, 2.75) is 23.7 Å². The van der Waals surface area contributed by atoms with Crippen LogP contribution in [-0.2, 0) is 10.0 Å². The summed E-state index contributed by atoms with van der Waals surface area (Å²) in [5.41, 5.74) is 0.956. The van der Waals surface area contributed by atoms with Gasteiger partial charge in [0.1, 0.15) is 0 Å². The van der Waals surface area contributed by atoms with Crippen LogP contribution in [0.5, 0.6) is 0 Å². The van der Waals surface area contributed by atoms with E-state index in [0.717, 1.165) is 18.4 Å². The number of benzene rings is 2. The van der Waals surface area contributed by atoms with E-state index in [1.807, 2.05) is 30.3 Å². The van der Waals surface area contributed by atoms with E-state index < -0.39 is 14.9 Å². The summed E-state index contributed by atoms with van der Waals surface area (Å²) in [4.78, 5) is 10.2. The molecule has 0 radical (unpaired) electrons. The maximum absolute atomic E-state index is 12.6. The Bertz CT molecular complexity index is 893. The minimum Gasteiger partial charge on any atom is -0.258 e. The lowest BCUT2D eigenvalue weighted by molar-refractivity contribution is -0.384. The van der Waals surface area contributed by atoms with Crippen LogP contribution in [0.2, 0.25) is 0 Å². The first-order valence-corrected chi connectivity index (χ1v) is 9.91. The van der Waals surface area contributed by atoms with Gasteiger partial charge in [-0.3, -0.25) is 10.1 Å². The van der Waals surface area contributed by atoms with Crippen molar-refractivity contribution >= 4 is 15.7 Å². The maximum atomic E-state index is 12.6. The molecule has 0 heterocycles. The van der Waals surface area contributed by atoms with Crippen molar-refractivity contribution < 1.29 is 13.3 Å². The molecule has 7 heteroatoms. The monoisotopic (exact) mass is 372 g/mol. The molecular weight excluding hydrogens is 352 g/mol. The van der Waals surface area contributed by atoms with Gasteiger partial charge in [-0.25, -0.2) is 13.1 Å². The fourth-order valence-electron chi connectivity index (χ4n) is 3.24. The van der Waals surface area contributed by atoms with Crippen molar-refractivity contribution in [3.8, 4) is 0 Å². The second-order valence-electron chi connectivity index (χ2n) is 6.29. The van der Waals surface area contributed by atoms with Crippen molar-refractivity contribution in [3.63, 3.8) is 0 Å². The van der Waals surface area contributed by atoms with Gasteiger partial charge in [0.05, 0.1) is 9.82 Å². The summed E-state index contributed by atoms with van der Waals surface area (Å²) in [6.45, 7) is 0.276. The zero-order chi connectivity index (χ0) is 18.6. The van der Waals surface area contributed by atoms with E-state index in [2.05, 4.69) is 16.9 Å². The van der Waals surface area contributed by atoms with Gasteiger partial charge in [0.25, 0.3) is 5.69 Å². The lowest BCUT2D eigenvalue weighted by Gasteiger charge is -2.23. The van der Waals surface area contributed by atoms with Gasteiger partial charge >= 0.3 is 0 Å². The molecule has 2 atom stereocenters. The molecule has 0 amide bonds. The van der Waals surface area contributed by atoms with Crippen molar-refractivity contribution in [1.29, 1.82) is 0 Å². The van der Waals surface area contributed by atoms with E-state index in [4.69, 9.17) is 0 Å². The highest BCUT2D eigenvalue weighted by Gasteiger charge is 2.25. The van der Waals surface area contributed by atoms with Gasteiger partial charge in [0.2, 0.25) is 10.0 Å². The molecule has 2 aromatic carbocycles. The molecular formula is C19H20N2O4S. The fraction of sp³-hybridized carbons (Fsp3) is 0.263. The maximum Gasteiger partial charge on any atom is 0.269 e. The number of sulfonamides is 1. The number of nitrogens with zero attached hydrogens (tertiary/aromatic N) is 1. The molecule has 1 N–H and O–H groups in total. The first kappa shape index (κ1) is 18.3. The molecule has 136 valence electrons. The van der Waals surface area contributed by atoms with Crippen molar-refractivity contribution in [3.05, 3.63) is 82.4 Å². The molecule has 2 aromatic rings. The van der Waals surface area contributed by atoms with Gasteiger partial charge in [-0.15, -0.1) is 0 Å². The standard InChI is InChI=1S/C19H20N2O4S/c22-21(23)17-10-12-18(13-11-17)26(24,25)20-14-19(16-8-4-5-9-16)15-6-2-1-3-7-15/h1-4,6-8,10-13,16,19-20H,5,9,14H2/t16-,19+/m0/s1. The van der Waals surface area contributed by atoms with E-state index in [1.54, 1.807) is 0 Å². The summed E-state index contributed by atoms with van der Waals surface area (Å²) in [6, 6.07) is 14.8. The minimum absolute atomic E-state index is 0.0249. The molecule has 0 aromatic heterocycles. The lowest BCUT2D eigenvalue weighted by Crippen LogP contribution is -2.31. The molecule has 0 fully saturated rings. The molecule has 0 aliphatic heterocycles. The second-order valence-corrected chi connectivity index (χ2v) is 8.06. The van der Waals surface area contributed by atoms with Gasteiger partial charge in [0.15, 0.2) is 0 Å². The number of nitrogens with one attached hydrogen (secondary N) is 1. The Labute approximate surface area is 152 Å². The summed E-state index contributed by atoms with van der Waals surface area (Å²) < 4.78 is 27.8. The number of nitro benzene ring substituents is 1. The Morgan fingerprint density at radius 2 is 1.81 bits per heavy atom. The van der Waals surface area contributed by atoms with Crippen LogP contribution in [0.4, 0.5) is 5.69 Å². The van der Waals surface area contributed by atoms with Crippen LogP contribution in [-0.4, -0.2) is 19.9 Å². The van der Waals surface area contributed by atoms with E-state index in [9.17, 15) is 18.5 Å². The van der Waals surface area contributed by atoms with Crippen LogP contribution < -0.4 is 4.72 Å². The van der Waals surface area contributed by atoms with Crippen LogP contribution in [0.3, 0.4) is 0 Å². The minimum atomic E-state index is -3.73. The Morgan fingerprint density at radius 3 is 2.38 bits per heavy atom. The normalized spacial score (nSPS) is 17.9. The van der Waals surface area contributed by atoms with Crippen LogP contribution in [0.25, 0.3) is 0 Å². The first-order chi connectivity index (χ1) is 12.5. The summed E-state index contributed by atoms with van der Waals surface area (Å²) in [7, 11) is -3.73. The van der Waals surface area contributed by atoms with Crippen LogP contribution in [0.15, 0.2) is 71.6 Å². The van der Waals surface area contributed by atoms with Crippen molar-refractivity contribution in [2.75, 3.05) is 6.54 Å². The van der Waals surface area contributed by atoms with Crippen molar-refractivity contribution in [1.82, 2.24) is 4.72 Å². The predicted molar refractivity (Wildman–Crippen MR) is 99.3 cm³/mol. The van der Waals surface area contributed by atoms with Gasteiger partial charge in [-0.2, -0.15) is 0 Å². The third kappa shape index (κ3) is 4.17. The largest absolute Gasteiger partial charge is 0.269 e. The molecule has 1 aliphatic carbocycles. The number of allylic oxidation sites excluding steroid dienone is 2. The highest BCUT2D eigenvalue weighted by molar-refractivity contribution is 7.89. The van der Waals surface area contributed by atoms with Crippen LogP contribution in [0, 0.1) is 16.0 Å². The first-order valence-electron chi connectivity index (χ1n) is 8.43. The predicted octanol–water partition coefficient (Wildman–Crippen LogP) is 3.62. The third-order valence-corrected chi connectivity index (χ3v) is 6.09. The summed E-state index contributed by atoms with van der Waals surface area (Å²) in [5.74, 6) is 0.333. The molecule has 0 unspecified atom stereocenters. The second kappa shape index (κ2) is 7.80. The Balaban J connectivity index is 1.77. The molecule has 0 bridgehead atoms. The SMILES string of the molecule is O=[N+]([O-])c1ccc(S(=O)(=O)NC[C@H](c2ccccc2)[C@H]2C=CCC2)cc1. The van der Waals surface area contributed by atoms with Gasteiger partial charge in [0, 0.05) is 24.6 Å². The van der Waals surface area contributed by atoms with E-state index in [-0.39, 0.29) is 29.0 Å². The molecule has 0 spiro atoms. The number of nitro groups is 1. The molecule has 1 aliphatic rings. The van der Waals surface area contributed by atoms with E-state index in [0.29, 0.717) is 0 Å². The molecule has 6 nitrogen and oxygen atoms in total. The molecule has 0 saturated heterocycles. The van der Waals surface area contributed by atoms with Gasteiger partial charge in [-0.05, 0) is 36.5 Å². The summed E-state index contributed by atoms with van der Waals surface area (Å²) >= 11 is 0. The zero-order valence-corrected chi connectivity index (χ0v) is 14.9. The van der Waals surface area contributed by atoms with E-state index in [1.165, 1.54) is 24.3 Å². The Kier molecular flexibility index (Phi) is 5.49. The van der Waals surface area contributed by atoms with Crippen LogP contribution >= 0.6 is 0 Å². The Morgan fingerprint density at radius 1 is 1.12 bits per heavy atom. The molecule has 26 heavy (non-hydrogen) atoms. The Hall–Kier alpha value is -2.51.